The number of nitrogens with two attached hydrogens (primary N) is 1. The second kappa shape index (κ2) is 4.53. The summed E-state index contributed by atoms with van der Waals surface area (Å²) < 4.78 is 2.40. The fourth-order valence-electron chi connectivity index (χ4n) is 1.52. The summed E-state index contributed by atoms with van der Waals surface area (Å²) in [5, 5.41) is 0. The molecule has 0 atom stereocenters. The summed E-state index contributed by atoms with van der Waals surface area (Å²) in [6, 6.07) is 11.4. The Hall–Kier alpha value is -1.55. The fraction of sp³-hybridized carbons (Fsp3) is 0.0833. The zero-order valence-electron chi connectivity index (χ0n) is 8.56. The fourth-order valence-corrected chi connectivity index (χ4v) is 2.01. The number of halogens is 1. The lowest BCUT2D eigenvalue weighted by molar-refractivity contribution is 0.759. The number of nitrogen functional groups attached to an aromatic ring is 1. The highest BCUT2D eigenvalue weighted by Crippen LogP contribution is 2.11. The van der Waals surface area contributed by atoms with Crippen molar-refractivity contribution in [1.29, 1.82) is 0 Å². The highest BCUT2D eigenvalue weighted by Gasteiger charge is 2.02. The third-order valence-corrected chi connectivity index (χ3v) is 2.71. The van der Waals surface area contributed by atoms with Gasteiger partial charge in [0.2, 0.25) is 0 Å². The van der Waals surface area contributed by atoms with Crippen molar-refractivity contribution >= 4 is 21.6 Å². The van der Waals surface area contributed by atoms with Gasteiger partial charge in [-0.2, -0.15) is 0 Å². The molecule has 0 unspecified atom stereocenters. The molecule has 1 heterocycles. The third kappa shape index (κ3) is 2.33. The molecular weight excluding hydrogens is 268 g/mol. The van der Waals surface area contributed by atoms with Gasteiger partial charge in [0.15, 0.2) is 0 Å². The Morgan fingerprint density at radius 3 is 2.62 bits per heavy atom. The first kappa shape index (κ1) is 11.0. The molecule has 1 aromatic carbocycles. The Labute approximate surface area is 102 Å². The largest absolute Gasteiger partial charge is 0.394 e. The highest BCUT2D eigenvalue weighted by atomic mass is 79.9. The van der Waals surface area contributed by atoms with E-state index in [-0.39, 0.29) is 11.2 Å². The van der Waals surface area contributed by atoms with Gasteiger partial charge in [0.25, 0.3) is 5.56 Å². The molecule has 0 fully saturated rings. The first-order valence-electron chi connectivity index (χ1n) is 4.86. The molecule has 0 radical (unpaired) electrons. The van der Waals surface area contributed by atoms with Crippen LogP contribution in [-0.2, 0) is 6.54 Å². The van der Waals surface area contributed by atoms with Crippen molar-refractivity contribution in [3.63, 3.8) is 0 Å². The van der Waals surface area contributed by atoms with Crippen molar-refractivity contribution in [3.05, 3.63) is 63.0 Å². The summed E-state index contributed by atoms with van der Waals surface area (Å²) >= 11 is 3.32. The number of nitrogens with zero attached hydrogens (tertiary/aromatic N) is 1. The van der Waals surface area contributed by atoms with Crippen molar-refractivity contribution in [2.24, 2.45) is 0 Å². The normalized spacial score (nSPS) is 10.3. The number of hydrogen-bond donors (Lipinski definition) is 1. The van der Waals surface area contributed by atoms with Crippen LogP contribution in [0, 0.1) is 0 Å². The molecule has 2 aromatic rings. The second-order valence-corrected chi connectivity index (χ2v) is 4.45. The molecule has 16 heavy (non-hydrogen) atoms. The molecule has 82 valence electrons. The average Bonchev–Trinajstić information content (AvgIpc) is 2.27. The third-order valence-electron chi connectivity index (χ3n) is 2.28. The van der Waals surface area contributed by atoms with E-state index in [1.54, 1.807) is 16.8 Å². The zero-order valence-corrected chi connectivity index (χ0v) is 10.1. The summed E-state index contributed by atoms with van der Waals surface area (Å²) in [5.41, 5.74) is 6.78. The smallest absolute Gasteiger partial charge is 0.274 e. The molecule has 0 bridgehead atoms. The van der Waals surface area contributed by atoms with E-state index < -0.39 is 0 Å². The molecule has 3 nitrogen and oxygen atoms in total. The van der Waals surface area contributed by atoms with Gasteiger partial charge in [-0.3, -0.25) is 4.79 Å². The van der Waals surface area contributed by atoms with Crippen molar-refractivity contribution in [1.82, 2.24) is 4.57 Å². The van der Waals surface area contributed by atoms with E-state index in [4.69, 9.17) is 5.73 Å². The predicted molar refractivity (Wildman–Crippen MR) is 68.4 cm³/mol. The molecule has 1 aromatic heterocycles. The van der Waals surface area contributed by atoms with Crippen molar-refractivity contribution in [2.75, 3.05) is 5.73 Å². The van der Waals surface area contributed by atoms with Gasteiger partial charge >= 0.3 is 0 Å². The van der Waals surface area contributed by atoms with Crippen LogP contribution in [0.15, 0.2) is 51.9 Å². The monoisotopic (exact) mass is 278 g/mol. The number of hydrogen-bond acceptors (Lipinski definition) is 2. The lowest BCUT2D eigenvalue weighted by Crippen LogP contribution is -2.22. The van der Waals surface area contributed by atoms with Crippen LogP contribution in [0.5, 0.6) is 0 Å². The van der Waals surface area contributed by atoms with Gasteiger partial charge < -0.3 is 10.3 Å². The SMILES string of the molecule is Nc1cc(Br)cn(Cc2ccccc2)c1=O. The Kier molecular flexibility index (Phi) is 3.10. The van der Waals surface area contributed by atoms with E-state index in [1.807, 2.05) is 30.3 Å². The van der Waals surface area contributed by atoms with Gasteiger partial charge in [0.05, 0.1) is 12.2 Å². The number of aromatic nitrogens is 1. The van der Waals surface area contributed by atoms with Crippen molar-refractivity contribution in [3.8, 4) is 0 Å². The van der Waals surface area contributed by atoms with E-state index in [0.29, 0.717) is 6.54 Å². The predicted octanol–water partition coefficient (Wildman–Crippen LogP) is 2.24. The molecule has 0 aliphatic heterocycles. The minimum Gasteiger partial charge on any atom is -0.394 e. The zero-order chi connectivity index (χ0) is 11.5. The van der Waals surface area contributed by atoms with Gasteiger partial charge in [-0.1, -0.05) is 30.3 Å². The number of pyridine rings is 1. The molecule has 0 amide bonds. The Morgan fingerprint density at radius 2 is 1.94 bits per heavy atom. The lowest BCUT2D eigenvalue weighted by Gasteiger charge is -2.07. The molecular formula is C12H11BrN2O. The minimum atomic E-state index is -0.160. The topological polar surface area (TPSA) is 48.0 Å². The van der Waals surface area contributed by atoms with Gasteiger partial charge in [-0.25, -0.2) is 0 Å². The number of rotatable bonds is 2. The maximum Gasteiger partial charge on any atom is 0.274 e. The number of anilines is 1. The molecule has 0 saturated carbocycles. The van der Waals surface area contributed by atoms with E-state index >= 15 is 0 Å². The molecule has 0 aliphatic rings. The van der Waals surface area contributed by atoms with Crippen LogP contribution in [0.2, 0.25) is 0 Å². The van der Waals surface area contributed by atoms with E-state index in [1.165, 1.54) is 0 Å². The van der Waals surface area contributed by atoms with E-state index in [9.17, 15) is 4.79 Å². The molecule has 0 spiro atoms. The summed E-state index contributed by atoms with van der Waals surface area (Å²) in [6.07, 6.45) is 1.74. The highest BCUT2D eigenvalue weighted by molar-refractivity contribution is 9.10. The summed E-state index contributed by atoms with van der Waals surface area (Å²) in [4.78, 5) is 11.7. The Morgan fingerprint density at radius 1 is 1.25 bits per heavy atom. The number of benzene rings is 1. The second-order valence-electron chi connectivity index (χ2n) is 3.53. The first-order valence-corrected chi connectivity index (χ1v) is 5.65. The Balaban J connectivity index is 2.39. The maximum absolute atomic E-state index is 11.7. The molecule has 0 aliphatic carbocycles. The minimum absolute atomic E-state index is 0.160. The molecule has 0 saturated heterocycles. The van der Waals surface area contributed by atoms with Crippen LogP contribution < -0.4 is 11.3 Å². The quantitative estimate of drug-likeness (QED) is 0.916. The molecule has 2 rings (SSSR count). The Bertz CT molecular complexity index is 549. The summed E-state index contributed by atoms with van der Waals surface area (Å²) in [5.74, 6) is 0. The molecule has 2 N–H and O–H groups in total. The van der Waals surface area contributed by atoms with E-state index in [0.717, 1.165) is 10.0 Å². The van der Waals surface area contributed by atoms with Crippen LogP contribution in [0.25, 0.3) is 0 Å². The van der Waals surface area contributed by atoms with Crippen LogP contribution in [0.3, 0.4) is 0 Å². The maximum atomic E-state index is 11.7. The van der Waals surface area contributed by atoms with Gasteiger partial charge in [-0.15, -0.1) is 0 Å². The van der Waals surface area contributed by atoms with Gasteiger partial charge in [0, 0.05) is 10.7 Å². The van der Waals surface area contributed by atoms with Crippen molar-refractivity contribution in [2.45, 2.75) is 6.54 Å². The van der Waals surface area contributed by atoms with Crippen LogP contribution in [0.1, 0.15) is 5.56 Å². The van der Waals surface area contributed by atoms with Crippen molar-refractivity contribution < 1.29 is 0 Å². The average molecular weight is 279 g/mol. The lowest BCUT2D eigenvalue weighted by atomic mass is 10.2. The first-order chi connectivity index (χ1) is 7.66. The summed E-state index contributed by atoms with van der Waals surface area (Å²) in [6.45, 7) is 0.531. The van der Waals surface area contributed by atoms with E-state index in [2.05, 4.69) is 15.9 Å². The summed E-state index contributed by atoms with van der Waals surface area (Å²) in [7, 11) is 0. The van der Waals surface area contributed by atoms with Crippen LogP contribution >= 0.6 is 15.9 Å². The van der Waals surface area contributed by atoms with Crippen LogP contribution in [0.4, 0.5) is 5.69 Å². The molecule has 4 heteroatoms. The van der Waals surface area contributed by atoms with Gasteiger partial charge in [-0.05, 0) is 27.6 Å². The van der Waals surface area contributed by atoms with Gasteiger partial charge in [0.1, 0.15) is 0 Å². The van der Waals surface area contributed by atoms with Crippen LogP contribution in [-0.4, -0.2) is 4.57 Å². The standard InChI is InChI=1S/C12H11BrN2O/c13-10-6-11(14)12(16)15(8-10)7-9-4-2-1-3-5-9/h1-6,8H,7,14H2.